The number of hydrogen-bond donors (Lipinski definition) is 0. The van der Waals surface area contributed by atoms with Gasteiger partial charge in [-0.25, -0.2) is 14.6 Å². The normalized spacial score (nSPS) is 21.2. The van der Waals surface area contributed by atoms with Gasteiger partial charge in [0.2, 0.25) is 0 Å². The van der Waals surface area contributed by atoms with Crippen LogP contribution in [0.4, 0.5) is 16.3 Å². The maximum absolute atomic E-state index is 12.5. The maximum Gasteiger partial charge on any atom is 0.410 e. The highest BCUT2D eigenvalue weighted by atomic mass is 16.6. The highest BCUT2D eigenvalue weighted by molar-refractivity contribution is 5.89. The van der Waals surface area contributed by atoms with E-state index in [1.54, 1.807) is 25.7 Å². The molecule has 0 N–H and O–H groups in total. The van der Waals surface area contributed by atoms with Gasteiger partial charge in [-0.05, 0) is 54.4 Å². The average molecular weight is 449 g/mol. The number of esters is 1. The molecular weight excluding hydrogens is 416 g/mol. The molecule has 0 saturated carbocycles. The summed E-state index contributed by atoms with van der Waals surface area (Å²) >= 11 is 0. The molecule has 2 aliphatic rings. The van der Waals surface area contributed by atoms with E-state index in [9.17, 15) is 19.7 Å². The van der Waals surface area contributed by atoms with Gasteiger partial charge in [-0.15, -0.1) is 0 Å². The lowest BCUT2D eigenvalue weighted by Crippen LogP contribution is -2.37. The Labute approximate surface area is 188 Å². The molecule has 3 heterocycles. The maximum atomic E-state index is 12.5. The summed E-state index contributed by atoms with van der Waals surface area (Å²) in [6.07, 6.45) is 1.31. The minimum atomic E-state index is -0.740. The summed E-state index contributed by atoms with van der Waals surface area (Å²) in [5, 5.41) is 11.5. The van der Waals surface area contributed by atoms with Crippen LogP contribution in [0.25, 0.3) is 0 Å². The molecule has 0 aromatic carbocycles. The average Bonchev–Trinajstić information content (AvgIpc) is 3.26. The molecule has 1 atom stereocenters. The van der Waals surface area contributed by atoms with E-state index in [2.05, 4.69) is 4.98 Å². The van der Waals surface area contributed by atoms with Gasteiger partial charge in [-0.1, -0.05) is 0 Å². The van der Waals surface area contributed by atoms with Crippen LogP contribution >= 0.6 is 0 Å². The molecule has 0 radical (unpaired) electrons. The minimum Gasteiger partial charge on any atom is -0.455 e. The van der Waals surface area contributed by atoms with Crippen molar-refractivity contribution in [2.45, 2.75) is 65.6 Å². The van der Waals surface area contributed by atoms with Crippen molar-refractivity contribution in [3.05, 3.63) is 27.9 Å². The number of aromatic nitrogens is 1. The Morgan fingerprint density at radius 2 is 1.66 bits per heavy atom. The number of hydrogen-bond acceptors (Lipinski definition) is 8. The van der Waals surface area contributed by atoms with Gasteiger partial charge in [0, 0.05) is 37.7 Å². The first kappa shape index (κ1) is 23.7. The first-order valence-electron chi connectivity index (χ1n) is 10.8. The summed E-state index contributed by atoms with van der Waals surface area (Å²) in [5.41, 5.74) is -1.73. The molecule has 1 amide bonds. The van der Waals surface area contributed by atoms with Crippen LogP contribution in [0.1, 0.15) is 64.9 Å². The predicted octanol–water partition coefficient (Wildman–Crippen LogP) is 3.78. The Balaban J connectivity index is 1.77. The fraction of sp³-hybridized carbons (Fsp3) is 0.682. The van der Waals surface area contributed by atoms with Gasteiger partial charge in [-0.2, -0.15) is 0 Å². The molecule has 10 nitrogen and oxygen atoms in total. The van der Waals surface area contributed by atoms with Crippen molar-refractivity contribution >= 4 is 23.6 Å². The van der Waals surface area contributed by atoms with E-state index >= 15 is 0 Å². The lowest BCUT2D eigenvalue weighted by Gasteiger charge is -2.27. The van der Waals surface area contributed by atoms with Crippen molar-refractivity contribution in [2.24, 2.45) is 5.41 Å². The molecule has 0 unspecified atom stereocenters. The van der Waals surface area contributed by atoms with Crippen LogP contribution in [0.2, 0.25) is 0 Å². The van der Waals surface area contributed by atoms with Crippen molar-refractivity contribution in [1.29, 1.82) is 0 Å². The van der Waals surface area contributed by atoms with Gasteiger partial charge >= 0.3 is 12.1 Å². The summed E-state index contributed by atoms with van der Waals surface area (Å²) < 4.78 is 10.8. The molecule has 32 heavy (non-hydrogen) atoms. The second kappa shape index (κ2) is 8.22. The number of pyridine rings is 1. The number of nitro groups is 1. The summed E-state index contributed by atoms with van der Waals surface area (Å²) in [4.78, 5) is 43.9. The van der Waals surface area contributed by atoms with Crippen LogP contribution in [0.3, 0.4) is 0 Å². The number of anilines is 1. The van der Waals surface area contributed by atoms with E-state index in [0.717, 1.165) is 18.9 Å². The van der Waals surface area contributed by atoms with E-state index < -0.39 is 22.1 Å². The van der Waals surface area contributed by atoms with E-state index in [4.69, 9.17) is 9.47 Å². The summed E-state index contributed by atoms with van der Waals surface area (Å²) in [5.74, 6) is -0.332. The Morgan fingerprint density at radius 3 is 2.25 bits per heavy atom. The van der Waals surface area contributed by atoms with Crippen molar-refractivity contribution in [3.8, 4) is 0 Å². The number of nitrogens with zero attached hydrogens (tertiary/aromatic N) is 4. The first-order chi connectivity index (χ1) is 14.7. The summed E-state index contributed by atoms with van der Waals surface area (Å²) in [6.45, 7) is 13.1. The second-order valence-electron chi connectivity index (χ2n) is 10.7. The Bertz CT molecular complexity index is 920. The quantitative estimate of drug-likeness (QED) is 0.390. The van der Waals surface area contributed by atoms with Gasteiger partial charge in [0.1, 0.15) is 17.0 Å². The SMILES string of the molecule is CC(C)(C)OC(=O)c1cc([N+](=O)[O-])cc(N2CC[C@@]3(CCN(C(=O)OC(C)(C)C)C3)C2)n1. The molecule has 1 spiro atoms. The third-order valence-corrected chi connectivity index (χ3v) is 5.47. The number of amides is 1. The van der Waals surface area contributed by atoms with Gasteiger partial charge in [-0.3, -0.25) is 10.1 Å². The molecule has 3 rings (SSSR count). The third-order valence-electron chi connectivity index (χ3n) is 5.47. The number of rotatable bonds is 3. The van der Waals surface area contributed by atoms with E-state index in [-0.39, 0.29) is 22.9 Å². The number of carbonyl (C=O) groups excluding carboxylic acids is 2. The molecule has 176 valence electrons. The monoisotopic (exact) mass is 448 g/mol. The predicted molar refractivity (Wildman–Crippen MR) is 118 cm³/mol. The third kappa shape index (κ3) is 5.66. The Hall–Kier alpha value is -2.91. The highest BCUT2D eigenvalue weighted by Crippen LogP contribution is 2.41. The lowest BCUT2D eigenvalue weighted by molar-refractivity contribution is -0.384. The molecule has 1 aromatic heterocycles. The zero-order chi connectivity index (χ0) is 23.9. The molecule has 1 aromatic rings. The number of ether oxygens (including phenoxy) is 2. The molecule has 2 aliphatic heterocycles. The Kier molecular flexibility index (Phi) is 6.10. The van der Waals surface area contributed by atoms with Crippen molar-refractivity contribution < 1.29 is 24.0 Å². The van der Waals surface area contributed by atoms with E-state index in [1.807, 2.05) is 25.7 Å². The van der Waals surface area contributed by atoms with Crippen LogP contribution in [0.15, 0.2) is 12.1 Å². The number of likely N-dealkylation sites (tertiary alicyclic amines) is 1. The fourth-order valence-corrected chi connectivity index (χ4v) is 4.09. The van der Waals surface area contributed by atoms with Gasteiger partial charge in [0.25, 0.3) is 5.69 Å². The lowest BCUT2D eigenvalue weighted by atomic mass is 9.86. The van der Waals surface area contributed by atoms with Crippen LogP contribution in [-0.2, 0) is 9.47 Å². The highest BCUT2D eigenvalue weighted by Gasteiger charge is 2.46. The molecule has 10 heteroatoms. The fourth-order valence-electron chi connectivity index (χ4n) is 4.09. The zero-order valence-electron chi connectivity index (χ0n) is 19.6. The molecule has 0 bridgehead atoms. The zero-order valence-corrected chi connectivity index (χ0v) is 19.6. The van der Waals surface area contributed by atoms with Crippen molar-refractivity contribution in [2.75, 3.05) is 31.1 Å². The van der Waals surface area contributed by atoms with E-state index in [0.29, 0.717) is 32.0 Å². The van der Waals surface area contributed by atoms with Crippen LogP contribution in [0, 0.1) is 15.5 Å². The first-order valence-corrected chi connectivity index (χ1v) is 10.8. The molecule has 0 aliphatic carbocycles. The molecule has 2 fully saturated rings. The van der Waals surface area contributed by atoms with Gasteiger partial charge in [0.05, 0.1) is 11.0 Å². The van der Waals surface area contributed by atoms with Crippen LogP contribution in [-0.4, -0.2) is 64.3 Å². The van der Waals surface area contributed by atoms with Crippen molar-refractivity contribution in [3.63, 3.8) is 0 Å². The molecule has 2 saturated heterocycles. The standard InChI is InChI=1S/C22H32N4O6/c1-20(2,3)31-18(27)16-11-15(26(29)30)12-17(23-16)24-9-7-22(13-24)8-10-25(14-22)19(28)32-21(4,5)6/h11-12H,7-10,13-14H2,1-6H3/t22-/m1/s1. The van der Waals surface area contributed by atoms with Gasteiger partial charge < -0.3 is 19.3 Å². The van der Waals surface area contributed by atoms with Crippen LogP contribution in [0.5, 0.6) is 0 Å². The topological polar surface area (TPSA) is 115 Å². The Morgan fingerprint density at radius 1 is 1.03 bits per heavy atom. The summed E-state index contributed by atoms with van der Waals surface area (Å²) in [7, 11) is 0. The van der Waals surface area contributed by atoms with Gasteiger partial charge in [0.15, 0.2) is 5.69 Å². The van der Waals surface area contributed by atoms with Crippen LogP contribution < -0.4 is 4.90 Å². The second-order valence-corrected chi connectivity index (χ2v) is 10.7. The number of carbonyl (C=O) groups is 2. The minimum absolute atomic E-state index is 0.0909. The smallest absolute Gasteiger partial charge is 0.410 e. The van der Waals surface area contributed by atoms with Crippen molar-refractivity contribution in [1.82, 2.24) is 9.88 Å². The largest absolute Gasteiger partial charge is 0.455 e. The molecular formula is C22H32N4O6. The summed E-state index contributed by atoms with van der Waals surface area (Å²) in [6, 6.07) is 2.52. The van der Waals surface area contributed by atoms with E-state index in [1.165, 1.54) is 6.07 Å².